The number of hydrogen-bond donors (Lipinski definition) is 9. The lowest BCUT2D eigenvalue weighted by Gasteiger charge is -2.40. The molecule has 0 aliphatic carbocycles. The van der Waals surface area contributed by atoms with Crippen LogP contribution in [0.15, 0.2) is 0 Å². The van der Waals surface area contributed by atoms with E-state index < -0.39 is 67.9 Å². The third-order valence-electron chi connectivity index (χ3n) is 9.63. The average Bonchev–Trinajstić information content (AvgIpc) is 3.12. The molecule has 17 heteroatoms. The highest BCUT2D eigenvalue weighted by molar-refractivity contribution is 5.87. The molecule has 0 aromatic heterocycles. The van der Waals surface area contributed by atoms with Crippen LogP contribution in [0.4, 0.5) is 0 Å². The molecule has 2 aliphatic heterocycles. The van der Waals surface area contributed by atoms with Gasteiger partial charge in [0.2, 0.25) is 17.7 Å². The van der Waals surface area contributed by atoms with E-state index in [0.717, 1.165) is 12.8 Å². The predicted octanol–water partition coefficient (Wildman–Crippen LogP) is -0.734. The summed E-state index contributed by atoms with van der Waals surface area (Å²) in [6.07, 6.45) is -0.869. The summed E-state index contributed by atoms with van der Waals surface area (Å²) in [6.45, 7) is 5.82. The van der Waals surface area contributed by atoms with E-state index in [2.05, 4.69) is 16.0 Å². The maximum atomic E-state index is 13.0. The molecular formula is C36H66N4O13. The number of carbonyl (C=O) groups is 4. The van der Waals surface area contributed by atoms with Crippen LogP contribution in [0.3, 0.4) is 0 Å². The highest BCUT2D eigenvalue weighted by Gasteiger charge is 2.43. The molecule has 2 saturated heterocycles. The Bertz CT molecular complexity index is 1090. The number of ether oxygens (including phenoxy) is 4. The molecule has 2 rings (SSSR count). The normalized spacial score (nSPS) is 29.3. The molecule has 0 spiro atoms. The molecule has 11 atom stereocenters. The third-order valence-corrected chi connectivity index (χ3v) is 9.63. The summed E-state index contributed by atoms with van der Waals surface area (Å²) >= 11 is 0. The maximum absolute atomic E-state index is 13.0. The molecule has 10 N–H and O–H groups in total. The molecule has 53 heavy (non-hydrogen) atoms. The van der Waals surface area contributed by atoms with E-state index >= 15 is 0 Å². The molecule has 10 unspecified atom stereocenters. The van der Waals surface area contributed by atoms with Crippen molar-refractivity contribution in [1.29, 1.82) is 0 Å². The van der Waals surface area contributed by atoms with Gasteiger partial charge < -0.3 is 71.0 Å². The van der Waals surface area contributed by atoms with E-state index in [1.807, 2.05) is 0 Å². The van der Waals surface area contributed by atoms with Gasteiger partial charge >= 0.3 is 0 Å². The molecule has 0 bridgehead atoms. The van der Waals surface area contributed by atoms with Gasteiger partial charge in [-0.05, 0) is 71.6 Å². The van der Waals surface area contributed by atoms with Crippen LogP contribution >= 0.6 is 0 Å². The first kappa shape index (κ1) is 46.8. The summed E-state index contributed by atoms with van der Waals surface area (Å²) in [5.41, 5.74) is 5.89. The van der Waals surface area contributed by atoms with E-state index in [9.17, 15) is 44.7 Å². The Hall–Kier alpha value is -2.32. The lowest BCUT2D eigenvalue weighted by molar-refractivity contribution is -0.273. The van der Waals surface area contributed by atoms with E-state index in [4.69, 9.17) is 24.7 Å². The van der Waals surface area contributed by atoms with Crippen LogP contribution < -0.4 is 21.7 Å². The van der Waals surface area contributed by atoms with Crippen LogP contribution in [0.5, 0.6) is 0 Å². The summed E-state index contributed by atoms with van der Waals surface area (Å²) in [4.78, 5) is 49.3. The van der Waals surface area contributed by atoms with Gasteiger partial charge in [-0.25, -0.2) is 0 Å². The van der Waals surface area contributed by atoms with Crippen molar-refractivity contribution in [2.75, 3.05) is 32.9 Å². The Labute approximate surface area is 313 Å². The number of nitrogens with two attached hydrogens (primary N) is 1. The van der Waals surface area contributed by atoms with Crippen molar-refractivity contribution >= 4 is 23.5 Å². The second-order valence-electron chi connectivity index (χ2n) is 14.3. The molecule has 17 nitrogen and oxygen atoms in total. The standard InChI is InChI=1S/C36H66N4O13/c1-22(42)13-5-4-9-18-39-34(49)25(40-28(44)16-8-12-20-51-36-29(37)33(48)32(47)26(21-41)53-36)14-6-10-17-38-27(43)15-7-11-19-50-35-23(2)30(45)31(46)24(3)52-35/h23-26,29-33,35-36,41,45-48H,4-21,37H2,1-3H3,(H,38,43)(H,39,49)(H,40,44)/t23?,24?,25-,26?,29?,30?,31?,32?,33?,35?,36?/m0/s1. The van der Waals surface area contributed by atoms with Gasteiger partial charge in [0.05, 0.1) is 24.9 Å². The monoisotopic (exact) mass is 762 g/mol. The smallest absolute Gasteiger partial charge is 0.242 e. The Morgan fingerprint density at radius 3 is 1.96 bits per heavy atom. The molecule has 0 radical (unpaired) electrons. The summed E-state index contributed by atoms with van der Waals surface area (Å²) in [6, 6.07) is -1.76. The SMILES string of the molecule is CC(=O)CCCCCNC(=O)[C@H](CCCCNC(=O)CCCCOC1OC(C)C(O)C(O)C1C)NC(=O)CCCCOC1OC(CO)C(O)C(O)C1N. The van der Waals surface area contributed by atoms with E-state index in [0.29, 0.717) is 83.9 Å². The van der Waals surface area contributed by atoms with Crippen molar-refractivity contribution in [3.05, 3.63) is 0 Å². The molecule has 0 aromatic rings. The topological polar surface area (TPSA) is 268 Å². The van der Waals surface area contributed by atoms with Gasteiger partial charge in [-0.15, -0.1) is 0 Å². The van der Waals surface area contributed by atoms with E-state index in [1.165, 1.54) is 0 Å². The van der Waals surface area contributed by atoms with Gasteiger partial charge in [-0.1, -0.05) is 13.3 Å². The van der Waals surface area contributed by atoms with Gasteiger partial charge in [0.15, 0.2) is 12.6 Å². The maximum Gasteiger partial charge on any atom is 0.242 e. The molecule has 2 heterocycles. The third kappa shape index (κ3) is 17.4. The first-order valence-corrected chi connectivity index (χ1v) is 19.2. The van der Waals surface area contributed by atoms with Crippen LogP contribution in [-0.2, 0) is 38.1 Å². The highest BCUT2D eigenvalue weighted by Crippen LogP contribution is 2.27. The molecule has 0 aromatic carbocycles. The Balaban J connectivity index is 1.69. The zero-order valence-electron chi connectivity index (χ0n) is 31.7. The molecule has 308 valence electrons. The number of ketones is 1. The van der Waals surface area contributed by atoms with Crippen LogP contribution in [0, 0.1) is 5.92 Å². The molecular weight excluding hydrogens is 696 g/mol. The number of Topliss-reactive ketones (excluding diaryl/α,β-unsaturated/α-hetero) is 1. The largest absolute Gasteiger partial charge is 0.394 e. The fourth-order valence-corrected chi connectivity index (χ4v) is 6.12. The molecule has 3 amide bonds. The zero-order valence-corrected chi connectivity index (χ0v) is 31.7. The Morgan fingerprint density at radius 1 is 0.698 bits per heavy atom. The van der Waals surface area contributed by atoms with Crippen molar-refractivity contribution < 1.29 is 63.7 Å². The van der Waals surface area contributed by atoms with Crippen molar-refractivity contribution in [3.8, 4) is 0 Å². The lowest BCUT2D eigenvalue weighted by atomic mass is 9.93. The molecule has 2 aliphatic rings. The highest BCUT2D eigenvalue weighted by atomic mass is 16.7. The summed E-state index contributed by atoms with van der Waals surface area (Å²) in [7, 11) is 0. The Morgan fingerprint density at radius 2 is 1.30 bits per heavy atom. The van der Waals surface area contributed by atoms with Gasteiger partial charge in [0.25, 0.3) is 0 Å². The van der Waals surface area contributed by atoms with Gasteiger partial charge in [0.1, 0.15) is 36.2 Å². The van der Waals surface area contributed by atoms with Crippen molar-refractivity contribution in [3.63, 3.8) is 0 Å². The number of nitrogens with one attached hydrogen (secondary N) is 3. The van der Waals surface area contributed by atoms with Crippen molar-refractivity contribution in [2.45, 2.75) is 166 Å². The first-order valence-electron chi connectivity index (χ1n) is 19.2. The summed E-state index contributed by atoms with van der Waals surface area (Å²) in [5.74, 6) is -0.952. The minimum Gasteiger partial charge on any atom is -0.394 e. The predicted molar refractivity (Wildman–Crippen MR) is 192 cm³/mol. The minimum atomic E-state index is -1.33. The zero-order chi connectivity index (χ0) is 39.3. The van der Waals surface area contributed by atoms with Gasteiger partial charge in [-0.2, -0.15) is 0 Å². The molecule has 0 saturated carbocycles. The fraction of sp³-hybridized carbons (Fsp3) is 0.889. The minimum absolute atomic E-state index is 0.102. The summed E-state index contributed by atoms with van der Waals surface area (Å²) in [5, 5.41) is 58.0. The van der Waals surface area contributed by atoms with E-state index in [-0.39, 0.29) is 42.5 Å². The van der Waals surface area contributed by atoms with Crippen molar-refractivity contribution in [2.24, 2.45) is 11.7 Å². The number of carbonyl (C=O) groups excluding carboxylic acids is 4. The van der Waals surface area contributed by atoms with Crippen LogP contribution in [0.25, 0.3) is 0 Å². The number of aliphatic hydroxyl groups is 5. The Kier molecular flexibility index (Phi) is 22.7. The van der Waals surface area contributed by atoms with Gasteiger partial charge in [-0.3, -0.25) is 14.4 Å². The number of rotatable bonds is 26. The second kappa shape index (κ2) is 25.7. The van der Waals surface area contributed by atoms with E-state index in [1.54, 1.807) is 20.8 Å². The quantitative estimate of drug-likeness (QED) is 0.0492. The van der Waals surface area contributed by atoms with Gasteiger partial charge in [0, 0.05) is 51.5 Å². The lowest BCUT2D eigenvalue weighted by Crippen LogP contribution is -2.62. The molecule has 2 fully saturated rings. The van der Waals surface area contributed by atoms with Crippen LogP contribution in [0.1, 0.15) is 104 Å². The first-order chi connectivity index (χ1) is 25.3. The van der Waals surface area contributed by atoms with Crippen molar-refractivity contribution in [1.82, 2.24) is 16.0 Å². The number of hydrogen-bond acceptors (Lipinski definition) is 14. The number of unbranched alkanes of at least 4 members (excludes halogenated alkanes) is 5. The second-order valence-corrected chi connectivity index (χ2v) is 14.3. The fourth-order valence-electron chi connectivity index (χ4n) is 6.12. The summed E-state index contributed by atoms with van der Waals surface area (Å²) < 4.78 is 22.4. The number of aliphatic hydroxyl groups excluding tert-OH is 5. The van der Waals surface area contributed by atoms with Crippen LogP contribution in [-0.4, -0.2) is 143 Å². The number of amides is 3. The van der Waals surface area contributed by atoms with Crippen LogP contribution in [0.2, 0.25) is 0 Å². The average molecular weight is 763 g/mol.